The highest BCUT2D eigenvalue weighted by molar-refractivity contribution is 7.84. The number of aromatic nitrogens is 2. The average molecular weight is 312 g/mol. The van der Waals surface area contributed by atoms with Crippen LogP contribution in [-0.2, 0) is 16.6 Å². The van der Waals surface area contributed by atoms with Gasteiger partial charge in [0.25, 0.3) is 0 Å². The minimum atomic E-state index is -0.969. The quantitative estimate of drug-likeness (QED) is 0.712. The number of hydrogen-bond donors (Lipinski definition) is 0. The van der Waals surface area contributed by atoms with E-state index in [0.717, 1.165) is 29.0 Å². The van der Waals surface area contributed by atoms with E-state index < -0.39 is 10.8 Å². The van der Waals surface area contributed by atoms with Crippen molar-refractivity contribution in [2.45, 2.75) is 31.3 Å². The number of hydrogen-bond acceptors (Lipinski definition) is 2. The van der Waals surface area contributed by atoms with Gasteiger partial charge in [0.05, 0.1) is 16.7 Å². The molecule has 2 atom stereocenters. The summed E-state index contributed by atoms with van der Waals surface area (Å²) in [6.45, 7) is 4.14. The van der Waals surface area contributed by atoms with Gasteiger partial charge in [0.15, 0.2) is 0 Å². The third-order valence-electron chi connectivity index (χ3n) is 3.90. The molecule has 0 aliphatic heterocycles. The lowest BCUT2D eigenvalue weighted by Crippen LogP contribution is -2.08. The Hall–Kier alpha value is -1.94. The highest BCUT2D eigenvalue weighted by Gasteiger charge is 2.18. The van der Waals surface area contributed by atoms with Crippen molar-refractivity contribution in [3.63, 3.8) is 0 Å². The fraction of sp³-hybridized carbons (Fsp3) is 0.278. The van der Waals surface area contributed by atoms with Gasteiger partial charge in [-0.05, 0) is 31.0 Å². The van der Waals surface area contributed by atoms with Gasteiger partial charge in [-0.15, -0.1) is 0 Å². The number of fused-ring (bicyclic) bond motifs is 1. The van der Waals surface area contributed by atoms with E-state index in [-0.39, 0.29) is 5.25 Å². The van der Waals surface area contributed by atoms with E-state index in [2.05, 4.69) is 28.4 Å². The van der Waals surface area contributed by atoms with E-state index in [0.29, 0.717) is 5.75 Å². The second kappa shape index (κ2) is 6.44. The molecule has 0 spiro atoms. The van der Waals surface area contributed by atoms with Crippen molar-refractivity contribution in [1.82, 2.24) is 9.38 Å². The van der Waals surface area contributed by atoms with Crippen LogP contribution in [0.25, 0.3) is 5.65 Å². The minimum absolute atomic E-state index is 0.0621. The lowest BCUT2D eigenvalue weighted by Gasteiger charge is -2.14. The largest absolute Gasteiger partial charge is 0.304 e. The number of benzene rings is 1. The Kier molecular flexibility index (Phi) is 4.39. The lowest BCUT2D eigenvalue weighted by molar-refractivity contribution is 0.667. The predicted molar refractivity (Wildman–Crippen MR) is 91.2 cm³/mol. The maximum absolute atomic E-state index is 12.8. The fourth-order valence-corrected chi connectivity index (χ4v) is 4.22. The van der Waals surface area contributed by atoms with E-state index in [4.69, 9.17) is 0 Å². The molecular weight excluding hydrogens is 292 g/mol. The van der Waals surface area contributed by atoms with Gasteiger partial charge < -0.3 is 4.40 Å². The predicted octanol–water partition coefficient (Wildman–Crippen LogP) is 4.04. The zero-order chi connectivity index (χ0) is 15.5. The molecule has 3 rings (SSSR count). The first kappa shape index (κ1) is 15.0. The van der Waals surface area contributed by atoms with Crippen LogP contribution in [-0.4, -0.2) is 13.6 Å². The Balaban J connectivity index is 1.84. The van der Waals surface area contributed by atoms with Gasteiger partial charge in [-0.2, -0.15) is 0 Å². The second-order valence-corrected chi connectivity index (χ2v) is 7.08. The van der Waals surface area contributed by atoms with Gasteiger partial charge in [-0.25, -0.2) is 4.98 Å². The molecule has 0 radical (unpaired) electrons. The molecule has 0 bridgehead atoms. The molecule has 0 saturated heterocycles. The molecule has 0 saturated carbocycles. The fourth-order valence-electron chi connectivity index (χ4n) is 2.76. The summed E-state index contributed by atoms with van der Waals surface area (Å²) < 4.78 is 14.8. The Morgan fingerprint density at radius 2 is 1.91 bits per heavy atom. The van der Waals surface area contributed by atoms with Crippen molar-refractivity contribution in [2.24, 2.45) is 0 Å². The number of rotatable bonds is 5. The second-order valence-electron chi connectivity index (χ2n) is 5.46. The van der Waals surface area contributed by atoms with Crippen LogP contribution in [0.2, 0.25) is 0 Å². The van der Waals surface area contributed by atoms with E-state index in [1.165, 1.54) is 0 Å². The first-order chi connectivity index (χ1) is 10.7. The summed E-state index contributed by atoms with van der Waals surface area (Å²) in [6, 6.07) is 16.1. The first-order valence-corrected chi connectivity index (χ1v) is 8.93. The van der Waals surface area contributed by atoms with Crippen LogP contribution in [0.1, 0.15) is 35.5 Å². The van der Waals surface area contributed by atoms with Crippen molar-refractivity contribution >= 4 is 16.4 Å². The highest BCUT2D eigenvalue weighted by Crippen LogP contribution is 2.25. The molecule has 4 heteroatoms. The minimum Gasteiger partial charge on any atom is -0.304 e. The van der Waals surface area contributed by atoms with Crippen LogP contribution in [0.3, 0.4) is 0 Å². The summed E-state index contributed by atoms with van der Waals surface area (Å²) in [7, 11) is -0.969. The summed E-state index contributed by atoms with van der Waals surface area (Å²) in [5.41, 5.74) is 4.09. The van der Waals surface area contributed by atoms with Crippen LogP contribution in [0.15, 0.2) is 54.7 Å². The molecule has 22 heavy (non-hydrogen) atoms. The summed E-state index contributed by atoms with van der Waals surface area (Å²) in [6.07, 6.45) is 2.86. The maximum Gasteiger partial charge on any atom is 0.137 e. The molecule has 3 aromatic rings. The molecule has 3 nitrogen and oxygen atoms in total. The third kappa shape index (κ3) is 2.97. The van der Waals surface area contributed by atoms with Crippen LogP contribution < -0.4 is 0 Å². The number of nitrogens with zero attached hydrogens (tertiary/aromatic N) is 2. The van der Waals surface area contributed by atoms with Crippen LogP contribution >= 0.6 is 0 Å². The number of pyridine rings is 1. The molecule has 2 heterocycles. The summed E-state index contributed by atoms with van der Waals surface area (Å²) in [5, 5.41) is 0.0621. The van der Waals surface area contributed by atoms with Crippen LogP contribution in [0, 0.1) is 6.92 Å². The van der Waals surface area contributed by atoms with Gasteiger partial charge in [0.2, 0.25) is 0 Å². The Labute approximate surface area is 133 Å². The monoisotopic (exact) mass is 312 g/mol. The van der Waals surface area contributed by atoms with Crippen molar-refractivity contribution < 1.29 is 4.21 Å². The van der Waals surface area contributed by atoms with Crippen molar-refractivity contribution in [3.8, 4) is 0 Å². The van der Waals surface area contributed by atoms with E-state index in [1.54, 1.807) is 0 Å². The lowest BCUT2D eigenvalue weighted by atomic mass is 10.1. The SMILES string of the molecule is CC[C@@H](c1ccccc1)[S@@](=O)Cc1cn2c(C)cccc2n1. The van der Waals surface area contributed by atoms with E-state index >= 15 is 0 Å². The van der Waals surface area contributed by atoms with Crippen molar-refractivity contribution in [3.05, 3.63) is 71.7 Å². The Morgan fingerprint density at radius 3 is 2.59 bits per heavy atom. The zero-order valence-electron chi connectivity index (χ0n) is 12.9. The molecule has 0 aliphatic carbocycles. The molecule has 114 valence electrons. The van der Waals surface area contributed by atoms with Crippen LogP contribution in [0.5, 0.6) is 0 Å². The molecule has 0 amide bonds. The Morgan fingerprint density at radius 1 is 1.14 bits per heavy atom. The normalized spacial score (nSPS) is 14.1. The topological polar surface area (TPSA) is 34.4 Å². The molecule has 0 aliphatic rings. The van der Waals surface area contributed by atoms with Gasteiger partial charge in [-0.1, -0.05) is 43.3 Å². The standard InChI is InChI=1S/C18H20N2OS/c1-3-17(15-9-5-4-6-10-15)22(21)13-16-12-20-14(2)8-7-11-18(20)19-16/h4-12,17H,3,13H2,1-2H3/t17-,22-/m0/s1. The number of aryl methyl sites for hydroxylation is 1. The summed E-state index contributed by atoms with van der Waals surface area (Å²) in [4.78, 5) is 4.59. The van der Waals surface area contributed by atoms with Gasteiger partial charge in [0.1, 0.15) is 5.65 Å². The van der Waals surface area contributed by atoms with Crippen LogP contribution in [0.4, 0.5) is 0 Å². The summed E-state index contributed by atoms with van der Waals surface area (Å²) >= 11 is 0. The third-order valence-corrected chi connectivity index (χ3v) is 5.72. The van der Waals surface area contributed by atoms with Crippen molar-refractivity contribution in [2.75, 3.05) is 0 Å². The van der Waals surface area contributed by atoms with Gasteiger partial charge in [0, 0.05) is 22.7 Å². The molecule has 0 unspecified atom stereocenters. The Bertz CT molecular complexity index is 795. The van der Waals surface area contributed by atoms with E-state index in [9.17, 15) is 4.21 Å². The molecule has 2 aromatic heterocycles. The smallest absolute Gasteiger partial charge is 0.137 e. The van der Waals surface area contributed by atoms with Gasteiger partial charge >= 0.3 is 0 Å². The van der Waals surface area contributed by atoms with Crippen molar-refractivity contribution in [1.29, 1.82) is 0 Å². The molecule has 1 aromatic carbocycles. The zero-order valence-corrected chi connectivity index (χ0v) is 13.7. The maximum atomic E-state index is 12.8. The summed E-state index contributed by atoms with van der Waals surface area (Å²) in [5.74, 6) is 0.495. The first-order valence-electron chi connectivity index (χ1n) is 7.54. The molecule has 0 fully saturated rings. The van der Waals surface area contributed by atoms with Gasteiger partial charge in [-0.3, -0.25) is 4.21 Å². The molecule has 0 N–H and O–H groups in total. The van der Waals surface area contributed by atoms with E-state index in [1.807, 2.05) is 49.5 Å². The number of imidazole rings is 1. The molecular formula is C18H20N2OS. The highest BCUT2D eigenvalue weighted by atomic mass is 32.2. The average Bonchev–Trinajstić information content (AvgIpc) is 2.93.